The van der Waals surface area contributed by atoms with Crippen molar-refractivity contribution in [3.05, 3.63) is 82.0 Å². The molecule has 3 aromatic rings. The lowest BCUT2D eigenvalue weighted by molar-refractivity contribution is -0.0285. The van der Waals surface area contributed by atoms with Gasteiger partial charge in [-0.1, -0.05) is 30.3 Å². The maximum Gasteiger partial charge on any atom is 0.302 e. The van der Waals surface area contributed by atoms with Crippen molar-refractivity contribution < 1.29 is 13.2 Å². The highest BCUT2D eigenvalue weighted by Gasteiger charge is 2.37. The Morgan fingerprint density at radius 1 is 1.18 bits per heavy atom. The first kappa shape index (κ1) is 19.3. The molecule has 0 saturated heterocycles. The Balaban J connectivity index is 2.19. The Morgan fingerprint density at radius 3 is 2.54 bits per heavy atom. The van der Waals surface area contributed by atoms with Gasteiger partial charge in [0.05, 0.1) is 11.9 Å². The van der Waals surface area contributed by atoms with E-state index < -0.39 is 29.3 Å². The van der Waals surface area contributed by atoms with Crippen molar-refractivity contribution in [2.24, 2.45) is 0 Å². The lowest BCUT2D eigenvalue weighted by atomic mass is 10.0. The molecule has 0 aliphatic heterocycles. The molecule has 142 valence electrons. The minimum absolute atomic E-state index is 0.0520. The van der Waals surface area contributed by atoms with Crippen molar-refractivity contribution in [1.29, 1.82) is 5.26 Å². The van der Waals surface area contributed by atoms with E-state index in [1.165, 1.54) is 29.2 Å². The lowest BCUT2D eigenvalue weighted by Gasteiger charge is -2.19. The maximum absolute atomic E-state index is 14.1. The highest BCUT2D eigenvalue weighted by Crippen LogP contribution is 2.32. The van der Waals surface area contributed by atoms with E-state index in [4.69, 9.17) is 0 Å². The Bertz CT molecular complexity index is 1060. The Hall–Kier alpha value is -3.47. The molecule has 0 N–H and O–H groups in total. The van der Waals surface area contributed by atoms with Crippen LogP contribution in [0.5, 0.6) is 0 Å². The third-order valence-electron chi connectivity index (χ3n) is 4.27. The number of aromatic nitrogens is 3. The lowest BCUT2D eigenvalue weighted by Crippen LogP contribution is -2.31. The molecule has 28 heavy (non-hydrogen) atoms. The van der Waals surface area contributed by atoms with Crippen molar-refractivity contribution in [2.45, 2.75) is 18.9 Å². The first-order chi connectivity index (χ1) is 13.5. The Kier molecular flexibility index (Phi) is 5.54. The molecule has 0 aliphatic rings. The number of pyridine rings is 1. The molecule has 8 heteroatoms. The average molecular weight is 384 g/mol. The zero-order valence-electron chi connectivity index (χ0n) is 14.6. The minimum Gasteiger partial charge on any atom is -0.305 e. The Morgan fingerprint density at radius 2 is 1.93 bits per heavy atom. The summed E-state index contributed by atoms with van der Waals surface area (Å²) in [5.74, 6) is -3.96. The van der Waals surface area contributed by atoms with E-state index in [0.29, 0.717) is 6.42 Å². The van der Waals surface area contributed by atoms with Gasteiger partial charge in [-0.3, -0.25) is 14.8 Å². The van der Waals surface area contributed by atoms with Crippen LogP contribution < -0.4 is 5.56 Å². The van der Waals surface area contributed by atoms with E-state index in [2.05, 4.69) is 9.97 Å². The fraction of sp³-hybridized carbons (Fsp3) is 0.200. The van der Waals surface area contributed by atoms with Gasteiger partial charge >= 0.3 is 5.92 Å². The molecule has 0 bridgehead atoms. The van der Waals surface area contributed by atoms with Gasteiger partial charge in [-0.05, 0) is 18.1 Å². The molecule has 0 spiro atoms. The Labute approximate surface area is 158 Å². The summed E-state index contributed by atoms with van der Waals surface area (Å²) < 4.78 is 42.3. The summed E-state index contributed by atoms with van der Waals surface area (Å²) in [6.45, 7) is -1.89. The molecule has 2 aromatic heterocycles. The van der Waals surface area contributed by atoms with Gasteiger partial charge in [0.15, 0.2) is 6.67 Å². The molecule has 0 aliphatic carbocycles. The fourth-order valence-electron chi connectivity index (χ4n) is 2.87. The van der Waals surface area contributed by atoms with Crippen LogP contribution in [0.1, 0.15) is 16.7 Å². The van der Waals surface area contributed by atoms with Gasteiger partial charge < -0.3 is 4.57 Å². The van der Waals surface area contributed by atoms with Crippen molar-refractivity contribution in [1.82, 2.24) is 14.5 Å². The van der Waals surface area contributed by atoms with E-state index >= 15 is 0 Å². The number of benzene rings is 1. The number of nitriles is 1. The second kappa shape index (κ2) is 8.05. The van der Waals surface area contributed by atoms with Gasteiger partial charge in [0.2, 0.25) is 0 Å². The summed E-state index contributed by atoms with van der Waals surface area (Å²) in [5.41, 5.74) is -1.48. The minimum atomic E-state index is -3.96. The molecule has 5 nitrogen and oxygen atoms in total. The summed E-state index contributed by atoms with van der Waals surface area (Å²) in [5, 5.41) is 9.28. The molecular weight excluding hydrogens is 369 g/mol. The first-order valence-corrected chi connectivity index (χ1v) is 8.40. The van der Waals surface area contributed by atoms with Crippen LogP contribution in [0.3, 0.4) is 0 Å². The smallest absolute Gasteiger partial charge is 0.302 e. The quantitative estimate of drug-likeness (QED) is 0.652. The molecule has 3 rings (SSSR count). The van der Waals surface area contributed by atoms with E-state index in [1.54, 1.807) is 0 Å². The van der Waals surface area contributed by atoms with Gasteiger partial charge in [-0.25, -0.2) is 4.39 Å². The standard InChI is InChI=1S/C20H15F3N4O/c21-13-20(22,23)16-10-18(17-12-25-7-8-26-17)27(19(28)15(16)11-24)9-6-14-4-2-1-3-5-14/h1-5,7-8,10,12H,6,9,13H2. The zero-order valence-corrected chi connectivity index (χ0v) is 14.6. The normalized spacial score (nSPS) is 11.2. The van der Waals surface area contributed by atoms with Crippen LogP contribution in [0.15, 0.2) is 59.8 Å². The van der Waals surface area contributed by atoms with Crippen LogP contribution in [-0.2, 0) is 18.9 Å². The molecule has 2 heterocycles. The van der Waals surface area contributed by atoms with Gasteiger partial charge in [-0.2, -0.15) is 14.0 Å². The van der Waals surface area contributed by atoms with Crippen molar-refractivity contribution in [3.8, 4) is 17.5 Å². The summed E-state index contributed by atoms with van der Waals surface area (Å²) in [4.78, 5) is 20.8. The van der Waals surface area contributed by atoms with Crippen LogP contribution in [0.4, 0.5) is 13.2 Å². The van der Waals surface area contributed by atoms with Crippen LogP contribution >= 0.6 is 0 Å². The number of aryl methyl sites for hydroxylation is 1. The topological polar surface area (TPSA) is 71.6 Å². The number of hydrogen-bond donors (Lipinski definition) is 0. The van der Waals surface area contributed by atoms with Crippen molar-refractivity contribution >= 4 is 0 Å². The molecule has 0 saturated carbocycles. The monoisotopic (exact) mass is 384 g/mol. The average Bonchev–Trinajstić information content (AvgIpc) is 2.73. The van der Waals surface area contributed by atoms with Crippen LogP contribution in [-0.4, -0.2) is 21.2 Å². The first-order valence-electron chi connectivity index (χ1n) is 8.40. The van der Waals surface area contributed by atoms with Gasteiger partial charge in [0.25, 0.3) is 5.56 Å². The van der Waals surface area contributed by atoms with Crippen LogP contribution in [0.2, 0.25) is 0 Å². The second-order valence-corrected chi connectivity index (χ2v) is 6.05. The SMILES string of the molecule is N#Cc1c(C(F)(F)CF)cc(-c2cnccn2)n(CCc2ccccc2)c1=O. The van der Waals surface area contributed by atoms with Crippen LogP contribution in [0.25, 0.3) is 11.4 Å². The summed E-state index contributed by atoms with van der Waals surface area (Å²) >= 11 is 0. The van der Waals surface area contributed by atoms with E-state index in [1.807, 2.05) is 30.3 Å². The summed E-state index contributed by atoms with van der Waals surface area (Å²) in [7, 11) is 0. The molecular formula is C20H15F3N4O. The predicted octanol–water partition coefficient (Wildman–Crippen LogP) is 3.48. The molecule has 0 radical (unpaired) electrons. The predicted molar refractivity (Wildman–Crippen MR) is 96.5 cm³/mol. The van der Waals surface area contributed by atoms with Gasteiger partial charge in [0.1, 0.15) is 17.3 Å². The van der Waals surface area contributed by atoms with E-state index in [0.717, 1.165) is 11.6 Å². The number of hydrogen-bond acceptors (Lipinski definition) is 4. The number of halogens is 3. The van der Waals surface area contributed by atoms with Crippen molar-refractivity contribution in [2.75, 3.05) is 6.67 Å². The maximum atomic E-state index is 14.1. The van der Waals surface area contributed by atoms with Gasteiger partial charge in [-0.15, -0.1) is 0 Å². The molecule has 0 fully saturated rings. The zero-order chi connectivity index (χ0) is 20.1. The van der Waals surface area contributed by atoms with E-state index in [9.17, 15) is 23.2 Å². The number of alkyl halides is 3. The van der Waals surface area contributed by atoms with E-state index in [-0.39, 0.29) is 17.9 Å². The van der Waals surface area contributed by atoms with Gasteiger partial charge in [0, 0.05) is 24.5 Å². The highest BCUT2D eigenvalue weighted by molar-refractivity contribution is 5.58. The molecule has 0 unspecified atom stereocenters. The summed E-state index contributed by atoms with van der Waals surface area (Å²) in [6, 6.07) is 11.7. The largest absolute Gasteiger partial charge is 0.305 e. The summed E-state index contributed by atoms with van der Waals surface area (Å²) in [6.07, 6.45) is 4.50. The molecule has 0 atom stereocenters. The molecule has 1 aromatic carbocycles. The third kappa shape index (κ3) is 3.78. The highest BCUT2D eigenvalue weighted by atomic mass is 19.3. The number of nitrogens with zero attached hydrogens (tertiary/aromatic N) is 4. The third-order valence-corrected chi connectivity index (χ3v) is 4.27. The molecule has 0 amide bonds. The van der Waals surface area contributed by atoms with Crippen LogP contribution in [0, 0.1) is 11.3 Å². The fourth-order valence-corrected chi connectivity index (χ4v) is 2.87. The van der Waals surface area contributed by atoms with Crippen molar-refractivity contribution in [3.63, 3.8) is 0 Å². The number of rotatable bonds is 6. The second-order valence-electron chi connectivity index (χ2n) is 6.05.